The Bertz CT molecular complexity index is 681. The largest absolute Gasteiger partial charge is 0.508 e. The molecule has 0 fully saturated rings. The molecule has 0 aliphatic heterocycles. The van der Waals surface area contributed by atoms with E-state index in [1.54, 1.807) is 12.1 Å². The van der Waals surface area contributed by atoms with E-state index in [2.05, 4.69) is 0 Å². The summed E-state index contributed by atoms with van der Waals surface area (Å²) in [6, 6.07) is 11.0. The zero-order valence-corrected chi connectivity index (χ0v) is 11.6. The van der Waals surface area contributed by atoms with Crippen molar-refractivity contribution < 1.29 is 17.9 Å². The van der Waals surface area contributed by atoms with Gasteiger partial charge in [0.25, 0.3) is 0 Å². The Morgan fingerprint density at radius 3 is 2.15 bits per heavy atom. The summed E-state index contributed by atoms with van der Waals surface area (Å²) in [5, 5.41) is 9.19. The highest BCUT2D eigenvalue weighted by Crippen LogP contribution is 2.18. The van der Waals surface area contributed by atoms with Gasteiger partial charge in [-0.15, -0.1) is 0 Å². The minimum absolute atomic E-state index is 0.0418. The molecular formula is C14H14FNO3S. The van der Waals surface area contributed by atoms with E-state index in [-0.39, 0.29) is 17.2 Å². The van der Waals surface area contributed by atoms with Crippen LogP contribution in [0.15, 0.2) is 53.4 Å². The second-order valence-corrected chi connectivity index (χ2v) is 6.43. The van der Waals surface area contributed by atoms with Crippen molar-refractivity contribution in [2.45, 2.75) is 11.4 Å². The molecule has 0 aromatic heterocycles. The molecule has 2 rings (SSSR count). The Kier molecular flexibility index (Phi) is 4.06. The van der Waals surface area contributed by atoms with E-state index in [0.29, 0.717) is 0 Å². The molecule has 0 aliphatic rings. The first-order chi connectivity index (χ1) is 9.39. The highest BCUT2D eigenvalue weighted by atomic mass is 32.2. The molecule has 2 aromatic rings. The van der Waals surface area contributed by atoms with Crippen molar-refractivity contribution in [2.75, 3.05) is 7.05 Å². The predicted octanol–water partition coefficient (Wildman–Crippen LogP) is 2.35. The van der Waals surface area contributed by atoms with Gasteiger partial charge in [-0.05, 0) is 42.0 Å². The monoisotopic (exact) mass is 295 g/mol. The number of sulfonamides is 1. The van der Waals surface area contributed by atoms with E-state index in [1.807, 2.05) is 0 Å². The summed E-state index contributed by atoms with van der Waals surface area (Å²) < 4.78 is 38.5. The average Bonchev–Trinajstić information content (AvgIpc) is 2.42. The maximum absolute atomic E-state index is 12.8. The number of benzene rings is 2. The van der Waals surface area contributed by atoms with Crippen LogP contribution in [0.25, 0.3) is 0 Å². The molecule has 0 aliphatic carbocycles. The van der Waals surface area contributed by atoms with Crippen LogP contribution in [0.4, 0.5) is 4.39 Å². The van der Waals surface area contributed by atoms with Crippen LogP contribution >= 0.6 is 0 Å². The van der Waals surface area contributed by atoms with Gasteiger partial charge in [0, 0.05) is 13.6 Å². The number of rotatable bonds is 4. The Morgan fingerprint density at radius 2 is 1.60 bits per heavy atom. The molecule has 0 amide bonds. The molecule has 0 bridgehead atoms. The SMILES string of the molecule is CN(Cc1ccc(O)cc1)S(=O)(=O)c1ccc(F)cc1. The topological polar surface area (TPSA) is 57.6 Å². The van der Waals surface area contributed by atoms with Gasteiger partial charge in [0.2, 0.25) is 10.0 Å². The zero-order valence-electron chi connectivity index (χ0n) is 10.8. The Balaban J connectivity index is 2.21. The molecule has 0 unspecified atom stereocenters. The molecule has 1 N–H and O–H groups in total. The smallest absolute Gasteiger partial charge is 0.243 e. The number of phenols is 1. The molecule has 0 saturated heterocycles. The van der Waals surface area contributed by atoms with Gasteiger partial charge in [-0.2, -0.15) is 4.31 Å². The zero-order chi connectivity index (χ0) is 14.8. The molecule has 0 spiro atoms. The molecule has 0 saturated carbocycles. The third-order valence-electron chi connectivity index (χ3n) is 2.86. The van der Waals surface area contributed by atoms with E-state index >= 15 is 0 Å². The second kappa shape index (κ2) is 5.60. The maximum atomic E-state index is 12.8. The van der Waals surface area contributed by atoms with Crippen molar-refractivity contribution in [1.82, 2.24) is 4.31 Å². The molecule has 4 nitrogen and oxygen atoms in total. The summed E-state index contributed by atoms with van der Waals surface area (Å²) in [6.45, 7) is 0.167. The number of nitrogens with zero attached hydrogens (tertiary/aromatic N) is 1. The van der Waals surface area contributed by atoms with E-state index < -0.39 is 15.8 Å². The first kappa shape index (κ1) is 14.5. The standard InChI is InChI=1S/C14H14FNO3S/c1-16(10-11-2-6-13(17)7-3-11)20(18,19)14-8-4-12(15)5-9-14/h2-9,17H,10H2,1H3. The third-order valence-corrected chi connectivity index (χ3v) is 4.68. The fourth-order valence-electron chi connectivity index (χ4n) is 1.73. The Morgan fingerprint density at radius 1 is 1.05 bits per heavy atom. The lowest BCUT2D eigenvalue weighted by Gasteiger charge is -2.17. The summed E-state index contributed by atoms with van der Waals surface area (Å²) in [5.74, 6) is -0.358. The van der Waals surface area contributed by atoms with Crippen molar-refractivity contribution in [1.29, 1.82) is 0 Å². The van der Waals surface area contributed by atoms with Crippen LogP contribution in [0.2, 0.25) is 0 Å². The van der Waals surface area contributed by atoms with Crippen molar-refractivity contribution in [3.63, 3.8) is 0 Å². The van der Waals surface area contributed by atoms with Crippen LogP contribution in [-0.4, -0.2) is 24.9 Å². The van der Waals surface area contributed by atoms with Crippen LogP contribution in [0, 0.1) is 5.82 Å². The summed E-state index contributed by atoms with van der Waals surface area (Å²) in [7, 11) is -2.21. The number of halogens is 1. The van der Waals surface area contributed by atoms with Gasteiger partial charge in [0.15, 0.2) is 0 Å². The first-order valence-corrected chi connectivity index (χ1v) is 7.33. The highest BCUT2D eigenvalue weighted by Gasteiger charge is 2.20. The van der Waals surface area contributed by atoms with Crippen molar-refractivity contribution >= 4 is 10.0 Å². The normalized spacial score (nSPS) is 11.8. The number of aromatic hydroxyl groups is 1. The first-order valence-electron chi connectivity index (χ1n) is 5.89. The van der Waals surface area contributed by atoms with Crippen molar-refractivity contribution in [2.24, 2.45) is 0 Å². The lowest BCUT2D eigenvalue weighted by molar-refractivity contribution is 0.463. The lowest BCUT2D eigenvalue weighted by atomic mass is 10.2. The van der Waals surface area contributed by atoms with Gasteiger partial charge >= 0.3 is 0 Å². The molecular weight excluding hydrogens is 281 g/mol. The summed E-state index contributed by atoms with van der Waals surface area (Å²) in [6.07, 6.45) is 0. The van der Waals surface area contributed by atoms with Gasteiger partial charge in [0.1, 0.15) is 11.6 Å². The van der Waals surface area contributed by atoms with E-state index in [9.17, 15) is 17.9 Å². The minimum Gasteiger partial charge on any atom is -0.508 e. The molecule has 20 heavy (non-hydrogen) atoms. The van der Waals surface area contributed by atoms with Gasteiger partial charge in [0.05, 0.1) is 4.90 Å². The predicted molar refractivity (Wildman–Crippen MR) is 73.2 cm³/mol. The van der Waals surface area contributed by atoms with Crippen LogP contribution in [-0.2, 0) is 16.6 Å². The maximum Gasteiger partial charge on any atom is 0.243 e. The molecule has 6 heteroatoms. The minimum atomic E-state index is -3.66. The van der Waals surface area contributed by atoms with Gasteiger partial charge in [-0.3, -0.25) is 0 Å². The van der Waals surface area contributed by atoms with E-state index in [4.69, 9.17) is 0 Å². The molecule has 106 valence electrons. The molecule has 2 aromatic carbocycles. The van der Waals surface area contributed by atoms with Crippen LogP contribution in [0.1, 0.15) is 5.56 Å². The fraction of sp³-hybridized carbons (Fsp3) is 0.143. The quantitative estimate of drug-likeness (QED) is 0.942. The number of hydrogen-bond acceptors (Lipinski definition) is 3. The highest BCUT2D eigenvalue weighted by molar-refractivity contribution is 7.89. The van der Waals surface area contributed by atoms with Gasteiger partial charge in [-0.25, -0.2) is 12.8 Å². The summed E-state index contributed by atoms with van der Waals surface area (Å²) in [4.78, 5) is 0.0418. The van der Waals surface area contributed by atoms with Gasteiger partial charge < -0.3 is 5.11 Å². The van der Waals surface area contributed by atoms with Crippen LogP contribution in [0.3, 0.4) is 0 Å². The second-order valence-electron chi connectivity index (χ2n) is 4.38. The molecule has 0 atom stereocenters. The summed E-state index contributed by atoms with van der Waals surface area (Å²) in [5.41, 5.74) is 0.746. The van der Waals surface area contributed by atoms with E-state index in [1.165, 1.54) is 35.6 Å². The van der Waals surface area contributed by atoms with Crippen molar-refractivity contribution in [3.05, 3.63) is 59.9 Å². The van der Waals surface area contributed by atoms with Crippen LogP contribution in [0.5, 0.6) is 5.75 Å². The Hall–Kier alpha value is -1.92. The van der Waals surface area contributed by atoms with Crippen molar-refractivity contribution in [3.8, 4) is 5.75 Å². The number of hydrogen-bond donors (Lipinski definition) is 1. The molecule has 0 radical (unpaired) electrons. The fourth-order valence-corrected chi connectivity index (χ4v) is 2.89. The van der Waals surface area contributed by atoms with Crippen LogP contribution < -0.4 is 0 Å². The lowest BCUT2D eigenvalue weighted by Crippen LogP contribution is -2.26. The van der Waals surface area contributed by atoms with Gasteiger partial charge in [-0.1, -0.05) is 12.1 Å². The van der Waals surface area contributed by atoms with E-state index in [0.717, 1.165) is 17.7 Å². The average molecular weight is 295 g/mol. The summed E-state index contributed by atoms with van der Waals surface area (Å²) >= 11 is 0. The Labute approximate surface area is 117 Å². The molecule has 0 heterocycles. The number of phenolic OH excluding ortho intramolecular Hbond substituents is 1. The third kappa shape index (κ3) is 3.15.